The van der Waals surface area contributed by atoms with Crippen LogP contribution in [0.3, 0.4) is 0 Å². The summed E-state index contributed by atoms with van der Waals surface area (Å²) in [7, 11) is 0. The molecule has 0 N–H and O–H groups in total. The van der Waals surface area contributed by atoms with Gasteiger partial charge in [-0.25, -0.2) is 0 Å². The highest BCUT2D eigenvalue weighted by atomic mass is 16.3. The molecule has 0 aliphatic heterocycles. The Morgan fingerprint density at radius 3 is 2.67 bits per heavy atom. The van der Waals surface area contributed by atoms with Crippen molar-refractivity contribution in [3.8, 4) is 0 Å². The van der Waals surface area contributed by atoms with E-state index in [9.17, 15) is 4.79 Å². The molecule has 1 aromatic heterocycles. The fourth-order valence-corrected chi connectivity index (χ4v) is 1.59. The molecule has 15 heavy (non-hydrogen) atoms. The van der Waals surface area contributed by atoms with Crippen LogP contribution in [-0.2, 0) is 6.54 Å². The second kappa shape index (κ2) is 5.71. The zero-order valence-corrected chi connectivity index (χ0v) is 9.69. The lowest BCUT2D eigenvalue weighted by atomic mass is 10.2. The summed E-state index contributed by atoms with van der Waals surface area (Å²) in [6.45, 7) is 9.35. The largest absolute Gasteiger partial charge is 0.457 e. The van der Waals surface area contributed by atoms with Gasteiger partial charge in [-0.2, -0.15) is 0 Å². The third-order valence-electron chi connectivity index (χ3n) is 2.25. The minimum atomic E-state index is 0.408. The molecule has 0 amide bonds. The maximum absolute atomic E-state index is 10.4. The zero-order valence-electron chi connectivity index (χ0n) is 9.69. The second-order valence-corrected chi connectivity index (χ2v) is 4.14. The van der Waals surface area contributed by atoms with Gasteiger partial charge in [0.25, 0.3) is 0 Å². The van der Waals surface area contributed by atoms with Gasteiger partial charge in [0.1, 0.15) is 5.76 Å². The Hall–Kier alpha value is -1.09. The van der Waals surface area contributed by atoms with Crippen molar-refractivity contribution < 1.29 is 9.21 Å². The van der Waals surface area contributed by atoms with Crippen LogP contribution in [0.15, 0.2) is 16.5 Å². The summed E-state index contributed by atoms with van der Waals surface area (Å²) >= 11 is 0. The quantitative estimate of drug-likeness (QED) is 0.675. The number of carbonyl (C=O) groups is 1. The van der Waals surface area contributed by atoms with E-state index >= 15 is 0 Å². The normalized spacial score (nSPS) is 11.3. The van der Waals surface area contributed by atoms with E-state index in [0.29, 0.717) is 11.7 Å². The molecule has 0 saturated carbocycles. The first-order valence-corrected chi connectivity index (χ1v) is 5.42. The summed E-state index contributed by atoms with van der Waals surface area (Å²) in [4.78, 5) is 12.7. The van der Waals surface area contributed by atoms with Crippen LogP contribution in [-0.4, -0.2) is 24.3 Å². The van der Waals surface area contributed by atoms with E-state index in [0.717, 1.165) is 31.7 Å². The standard InChI is InChI=1S/C12H19NO2/c1-4-13(7-10(2)3)8-11-5-6-12(9-14)15-11/h5-6,9-10H,4,7-8H2,1-3H3. The van der Waals surface area contributed by atoms with E-state index in [-0.39, 0.29) is 0 Å². The number of carbonyl (C=O) groups excluding carboxylic acids is 1. The van der Waals surface area contributed by atoms with Crippen molar-refractivity contribution in [2.24, 2.45) is 5.92 Å². The summed E-state index contributed by atoms with van der Waals surface area (Å²) < 4.78 is 5.34. The van der Waals surface area contributed by atoms with E-state index in [1.54, 1.807) is 6.07 Å². The topological polar surface area (TPSA) is 33.5 Å². The molecular formula is C12H19NO2. The molecule has 0 atom stereocenters. The molecule has 0 fully saturated rings. The molecular weight excluding hydrogens is 190 g/mol. The van der Waals surface area contributed by atoms with Crippen LogP contribution in [0.5, 0.6) is 0 Å². The van der Waals surface area contributed by atoms with Gasteiger partial charge < -0.3 is 4.42 Å². The molecule has 3 heteroatoms. The van der Waals surface area contributed by atoms with Gasteiger partial charge in [-0.15, -0.1) is 0 Å². The number of hydrogen-bond donors (Lipinski definition) is 0. The van der Waals surface area contributed by atoms with Crippen molar-refractivity contribution in [2.75, 3.05) is 13.1 Å². The van der Waals surface area contributed by atoms with Gasteiger partial charge in [-0.05, 0) is 24.6 Å². The zero-order chi connectivity index (χ0) is 11.3. The van der Waals surface area contributed by atoms with Crippen molar-refractivity contribution in [1.29, 1.82) is 0 Å². The number of furan rings is 1. The lowest BCUT2D eigenvalue weighted by Crippen LogP contribution is -2.26. The first kappa shape index (κ1) is 12.0. The van der Waals surface area contributed by atoms with Gasteiger partial charge in [0, 0.05) is 6.54 Å². The van der Waals surface area contributed by atoms with Gasteiger partial charge in [-0.1, -0.05) is 20.8 Å². The van der Waals surface area contributed by atoms with Crippen molar-refractivity contribution in [2.45, 2.75) is 27.3 Å². The smallest absolute Gasteiger partial charge is 0.185 e. The fraction of sp³-hybridized carbons (Fsp3) is 0.583. The summed E-state index contributed by atoms with van der Waals surface area (Å²) in [5.74, 6) is 1.91. The Morgan fingerprint density at radius 1 is 1.47 bits per heavy atom. The van der Waals surface area contributed by atoms with Gasteiger partial charge >= 0.3 is 0 Å². The maximum atomic E-state index is 10.4. The summed E-state index contributed by atoms with van der Waals surface area (Å²) in [5, 5.41) is 0. The second-order valence-electron chi connectivity index (χ2n) is 4.14. The Balaban J connectivity index is 2.54. The predicted molar refractivity (Wildman–Crippen MR) is 59.9 cm³/mol. The Bertz CT molecular complexity index is 304. The molecule has 0 aliphatic carbocycles. The van der Waals surface area contributed by atoms with Gasteiger partial charge in [0.05, 0.1) is 6.54 Å². The summed E-state index contributed by atoms with van der Waals surface area (Å²) in [5.41, 5.74) is 0. The highest BCUT2D eigenvalue weighted by Crippen LogP contribution is 2.10. The van der Waals surface area contributed by atoms with Crippen LogP contribution in [0.25, 0.3) is 0 Å². The Labute approximate surface area is 91.1 Å². The highest BCUT2D eigenvalue weighted by Gasteiger charge is 2.08. The van der Waals surface area contributed by atoms with Crippen LogP contribution in [0.1, 0.15) is 37.1 Å². The van der Waals surface area contributed by atoms with Crippen molar-refractivity contribution in [1.82, 2.24) is 4.90 Å². The van der Waals surface area contributed by atoms with Crippen LogP contribution in [0.4, 0.5) is 0 Å². The summed E-state index contributed by atoms with van der Waals surface area (Å²) in [6, 6.07) is 3.58. The molecule has 1 aromatic rings. The monoisotopic (exact) mass is 209 g/mol. The SMILES string of the molecule is CCN(Cc1ccc(C=O)o1)CC(C)C. The van der Waals surface area contributed by atoms with Crippen LogP contribution in [0, 0.1) is 5.92 Å². The molecule has 84 valence electrons. The van der Waals surface area contributed by atoms with Gasteiger partial charge in [-0.3, -0.25) is 9.69 Å². The first-order valence-electron chi connectivity index (χ1n) is 5.42. The van der Waals surface area contributed by atoms with Crippen LogP contribution in [0.2, 0.25) is 0 Å². The van der Waals surface area contributed by atoms with Gasteiger partial charge in [0.15, 0.2) is 12.0 Å². The van der Waals surface area contributed by atoms with Crippen molar-refractivity contribution in [3.05, 3.63) is 23.7 Å². The van der Waals surface area contributed by atoms with E-state index in [1.165, 1.54) is 0 Å². The Morgan fingerprint density at radius 2 is 2.20 bits per heavy atom. The van der Waals surface area contributed by atoms with E-state index in [2.05, 4.69) is 25.7 Å². The first-order chi connectivity index (χ1) is 7.15. The molecule has 0 radical (unpaired) electrons. The molecule has 0 saturated heterocycles. The van der Waals surface area contributed by atoms with Gasteiger partial charge in [0.2, 0.25) is 0 Å². The lowest BCUT2D eigenvalue weighted by Gasteiger charge is -2.20. The van der Waals surface area contributed by atoms with Crippen LogP contribution >= 0.6 is 0 Å². The molecule has 1 rings (SSSR count). The molecule has 0 aromatic carbocycles. The summed E-state index contributed by atoms with van der Waals surface area (Å²) in [6.07, 6.45) is 0.738. The Kier molecular flexibility index (Phi) is 4.56. The van der Waals surface area contributed by atoms with Crippen molar-refractivity contribution in [3.63, 3.8) is 0 Å². The average Bonchev–Trinajstić information content (AvgIpc) is 2.64. The number of rotatable bonds is 6. The third kappa shape index (κ3) is 3.88. The molecule has 0 bridgehead atoms. The molecule has 0 unspecified atom stereocenters. The molecule has 0 spiro atoms. The highest BCUT2D eigenvalue weighted by molar-refractivity contribution is 5.70. The average molecular weight is 209 g/mol. The fourth-order valence-electron chi connectivity index (χ4n) is 1.59. The molecule has 3 nitrogen and oxygen atoms in total. The minimum absolute atomic E-state index is 0.408. The maximum Gasteiger partial charge on any atom is 0.185 e. The minimum Gasteiger partial charge on any atom is -0.457 e. The third-order valence-corrected chi connectivity index (χ3v) is 2.25. The van der Waals surface area contributed by atoms with Crippen molar-refractivity contribution >= 4 is 6.29 Å². The lowest BCUT2D eigenvalue weighted by molar-refractivity contribution is 0.109. The number of hydrogen-bond acceptors (Lipinski definition) is 3. The van der Waals surface area contributed by atoms with E-state index in [4.69, 9.17) is 4.42 Å². The molecule has 1 heterocycles. The van der Waals surface area contributed by atoms with E-state index in [1.807, 2.05) is 6.07 Å². The molecule has 0 aliphatic rings. The number of nitrogens with zero attached hydrogens (tertiary/aromatic N) is 1. The van der Waals surface area contributed by atoms with E-state index < -0.39 is 0 Å². The van der Waals surface area contributed by atoms with Crippen LogP contribution < -0.4 is 0 Å². The predicted octanol–water partition coefficient (Wildman–Crippen LogP) is 2.57. The number of aldehydes is 1.